The van der Waals surface area contributed by atoms with E-state index in [0.717, 1.165) is 6.92 Å². The molecule has 1 aromatic rings. The van der Waals surface area contributed by atoms with Crippen molar-refractivity contribution in [3.8, 4) is 0 Å². The van der Waals surface area contributed by atoms with Crippen LogP contribution in [0.25, 0.3) is 0 Å². The Morgan fingerprint density at radius 2 is 1.90 bits per heavy atom. The van der Waals surface area contributed by atoms with Crippen LogP contribution in [0.1, 0.15) is 18.9 Å². The SMILES string of the molecule is C[C@@]1(Cc2ccccc2)N(C(=O)O)CC[C@@]1(O)C(F)(F)F. The number of rotatable bonds is 2. The van der Waals surface area contributed by atoms with Gasteiger partial charge in [0.2, 0.25) is 0 Å². The van der Waals surface area contributed by atoms with Crippen LogP contribution in [-0.4, -0.2) is 45.1 Å². The highest BCUT2D eigenvalue weighted by atomic mass is 19.4. The highest BCUT2D eigenvalue weighted by Crippen LogP contribution is 2.49. The lowest BCUT2D eigenvalue weighted by atomic mass is 9.77. The second kappa shape index (κ2) is 4.91. The normalized spacial score (nSPS) is 29.7. The van der Waals surface area contributed by atoms with E-state index in [1.807, 2.05) is 0 Å². The summed E-state index contributed by atoms with van der Waals surface area (Å²) in [6.45, 7) is 0.795. The molecular formula is C14H16F3NO3. The zero-order chi connectivity index (χ0) is 15.9. The van der Waals surface area contributed by atoms with Gasteiger partial charge in [0.1, 0.15) is 0 Å². The Morgan fingerprint density at radius 3 is 2.38 bits per heavy atom. The van der Waals surface area contributed by atoms with E-state index >= 15 is 0 Å². The second-order valence-corrected chi connectivity index (χ2v) is 5.48. The molecule has 1 amide bonds. The molecule has 0 aliphatic carbocycles. The molecule has 21 heavy (non-hydrogen) atoms. The Hall–Kier alpha value is -1.76. The third-order valence-electron chi connectivity index (χ3n) is 4.27. The van der Waals surface area contributed by atoms with Crippen LogP contribution < -0.4 is 0 Å². The van der Waals surface area contributed by atoms with Crippen LogP contribution in [0.15, 0.2) is 30.3 Å². The monoisotopic (exact) mass is 303 g/mol. The van der Waals surface area contributed by atoms with Crippen LogP contribution in [0, 0.1) is 0 Å². The number of aliphatic hydroxyl groups is 1. The maximum Gasteiger partial charge on any atom is 0.419 e. The van der Waals surface area contributed by atoms with Crippen LogP contribution in [0.3, 0.4) is 0 Å². The summed E-state index contributed by atoms with van der Waals surface area (Å²) in [7, 11) is 0. The fraction of sp³-hybridized carbons (Fsp3) is 0.500. The third-order valence-corrected chi connectivity index (χ3v) is 4.27. The molecule has 0 unspecified atom stereocenters. The first-order chi connectivity index (χ1) is 9.62. The molecule has 0 aromatic heterocycles. The summed E-state index contributed by atoms with van der Waals surface area (Å²) in [6, 6.07) is 8.25. The fourth-order valence-corrected chi connectivity index (χ4v) is 3.00. The maximum absolute atomic E-state index is 13.3. The van der Waals surface area contributed by atoms with Gasteiger partial charge in [-0.25, -0.2) is 4.79 Å². The lowest BCUT2D eigenvalue weighted by Crippen LogP contribution is -2.65. The van der Waals surface area contributed by atoms with Crippen molar-refractivity contribution in [3.05, 3.63) is 35.9 Å². The molecule has 0 bridgehead atoms. The molecule has 0 radical (unpaired) electrons. The van der Waals surface area contributed by atoms with E-state index in [1.165, 1.54) is 0 Å². The molecule has 4 nitrogen and oxygen atoms in total. The van der Waals surface area contributed by atoms with Crippen LogP contribution in [0.5, 0.6) is 0 Å². The van der Waals surface area contributed by atoms with Gasteiger partial charge in [0.05, 0.1) is 5.54 Å². The molecule has 116 valence electrons. The van der Waals surface area contributed by atoms with Gasteiger partial charge in [-0.15, -0.1) is 0 Å². The first-order valence-corrected chi connectivity index (χ1v) is 6.45. The van der Waals surface area contributed by atoms with Crippen molar-refractivity contribution in [2.45, 2.75) is 37.1 Å². The Kier molecular flexibility index (Phi) is 3.65. The minimum atomic E-state index is -4.90. The molecule has 1 aromatic carbocycles. The van der Waals surface area contributed by atoms with E-state index in [0.29, 0.717) is 10.5 Å². The van der Waals surface area contributed by atoms with Gasteiger partial charge >= 0.3 is 12.3 Å². The van der Waals surface area contributed by atoms with E-state index < -0.39 is 29.8 Å². The lowest BCUT2D eigenvalue weighted by Gasteiger charge is -2.44. The largest absolute Gasteiger partial charge is 0.465 e. The standard InChI is InChI=1S/C14H16F3NO3/c1-12(9-10-5-3-2-4-6-10)13(21,14(15,16)17)7-8-18(12)11(19)20/h2-6,21H,7-9H2,1H3,(H,19,20)/t12-,13-/m0/s1. The number of carbonyl (C=O) groups is 1. The van der Waals surface area contributed by atoms with Crippen LogP contribution in [-0.2, 0) is 6.42 Å². The summed E-state index contributed by atoms with van der Waals surface area (Å²) in [6.07, 6.45) is -7.24. The van der Waals surface area contributed by atoms with Gasteiger partial charge in [-0.3, -0.25) is 4.90 Å². The van der Waals surface area contributed by atoms with E-state index in [-0.39, 0.29) is 13.0 Å². The molecule has 0 saturated carbocycles. The van der Waals surface area contributed by atoms with E-state index in [9.17, 15) is 28.2 Å². The van der Waals surface area contributed by atoms with Gasteiger partial charge in [0.15, 0.2) is 5.60 Å². The molecule has 2 atom stereocenters. The fourth-order valence-electron chi connectivity index (χ4n) is 3.00. The average Bonchev–Trinajstić information content (AvgIpc) is 2.64. The molecule has 2 N–H and O–H groups in total. The lowest BCUT2D eigenvalue weighted by molar-refractivity contribution is -0.282. The molecule has 1 heterocycles. The molecule has 2 rings (SSSR count). The van der Waals surface area contributed by atoms with Crippen LogP contribution in [0.4, 0.5) is 18.0 Å². The average molecular weight is 303 g/mol. The van der Waals surface area contributed by atoms with Crippen LogP contribution in [0.2, 0.25) is 0 Å². The van der Waals surface area contributed by atoms with Crippen molar-refractivity contribution >= 4 is 6.09 Å². The summed E-state index contributed by atoms with van der Waals surface area (Å²) in [5.74, 6) is 0. The number of alkyl halides is 3. The van der Waals surface area contributed by atoms with Crippen molar-refractivity contribution in [2.75, 3.05) is 6.54 Å². The van der Waals surface area contributed by atoms with Gasteiger partial charge in [0.25, 0.3) is 0 Å². The maximum atomic E-state index is 13.3. The number of benzene rings is 1. The Bertz CT molecular complexity index is 534. The first-order valence-electron chi connectivity index (χ1n) is 6.45. The Balaban J connectivity index is 2.47. The second-order valence-electron chi connectivity index (χ2n) is 5.48. The van der Waals surface area contributed by atoms with Crippen molar-refractivity contribution in [1.82, 2.24) is 4.90 Å². The smallest absolute Gasteiger partial charge is 0.419 e. The quantitative estimate of drug-likeness (QED) is 0.883. The van der Waals surface area contributed by atoms with E-state index in [2.05, 4.69) is 0 Å². The summed E-state index contributed by atoms with van der Waals surface area (Å²) in [5, 5.41) is 19.4. The van der Waals surface area contributed by atoms with Gasteiger partial charge in [-0.05, 0) is 18.9 Å². The van der Waals surface area contributed by atoms with E-state index in [4.69, 9.17) is 0 Å². The summed E-state index contributed by atoms with van der Waals surface area (Å²) in [4.78, 5) is 12.0. The van der Waals surface area contributed by atoms with E-state index in [1.54, 1.807) is 30.3 Å². The van der Waals surface area contributed by atoms with Crippen molar-refractivity contribution in [3.63, 3.8) is 0 Å². The number of amides is 1. The molecule has 0 spiro atoms. The van der Waals surface area contributed by atoms with Crippen molar-refractivity contribution in [1.29, 1.82) is 0 Å². The number of halogens is 3. The van der Waals surface area contributed by atoms with Gasteiger partial charge < -0.3 is 10.2 Å². The predicted molar refractivity (Wildman–Crippen MR) is 68.9 cm³/mol. The molecular weight excluding hydrogens is 287 g/mol. The Morgan fingerprint density at radius 1 is 1.33 bits per heavy atom. The molecule has 1 saturated heterocycles. The molecule has 1 aliphatic rings. The van der Waals surface area contributed by atoms with Gasteiger partial charge in [0, 0.05) is 13.0 Å². The Labute approximate surface area is 119 Å². The highest BCUT2D eigenvalue weighted by Gasteiger charge is 2.70. The van der Waals surface area contributed by atoms with Crippen LogP contribution >= 0.6 is 0 Å². The number of carboxylic acid groups (broad SMARTS) is 1. The minimum Gasteiger partial charge on any atom is -0.465 e. The summed E-state index contributed by atoms with van der Waals surface area (Å²) < 4.78 is 39.9. The molecule has 1 aliphatic heterocycles. The van der Waals surface area contributed by atoms with Crippen molar-refractivity contribution < 1.29 is 28.2 Å². The highest BCUT2D eigenvalue weighted by molar-refractivity contribution is 5.67. The number of likely N-dealkylation sites (tertiary alicyclic amines) is 1. The first kappa shape index (κ1) is 15.6. The predicted octanol–water partition coefficient (Wildman–Crippen LogP) is 2.66. The number of hydrogen-bond donors (Lipinski definition) is 2. The topological polar surface area (TPSA) is 60.8 Å². The van der Waals surface area contributed by atoms with Crippen molar-refractivity contribution in [2.24, 2.45) is 0 Å². The minimum absolute atomic E-state index is 0.212. The molecule has 7 heteroatoms. The number of hydrogen-bond acceptors (Lipinski definition) is 2. The summed E-state index contributed by atoms with van der Waals surface area (Å²) in [5.41, 5.74) is -4.48. The summed E-state index contributed by atoms with van der Waals surface area (Å²) >= 11 is 0. The zero-order valence-corrected chi connectivity index (χ0v) is 11.4. The third kappa shape index (κ3) is 2.35. The number of nitrogens with zero attached hydrogens (tertiary/aromatic N) is 1. The van der Waals surface area contributed by atoms with Gasteiger partial charge in [-0.2, -0.15) is 13.2 Å². The zero-order valence-electron chi connectivity index (χ0n) is 11.4. The molecule has 1 fully saturated rings. The van der Waals surface area contributed by atoms with Gasteiger partial charge in [-0.1, -0.05) is 30.3 Å².